The van der Waals surface area contributed by atoms with E-state index in [1.165, 1.54) is 0 Å². The van der Waals surface area contributed by atoms with Crippen LogP contribution in [-0.4, -0.2) is 46.1 Å². The largest absolute Gasteiger partial charge is 0.325 e. The average Bonchev–Trinajstić information content (AvgIpc) is 3.13. The van der Waals surface area contributed by atoms with E-state index in [1.807, 2.05) is 45.2 Å². The maximum atomic E-state index is 12.5. The van der Waals surface area contributed by atoms with Crippen molar-refractivity contribution < 1.29 is 9.59 Å². The Kier molecular flexibility index (Phi) is 6.46. The number of aryl methyl sites for hydroxylation is 3. The number of anilines is 2. The van der Waals surface area contributed by atoms with Gasteiger partial charge >= 0.3 is 0 Å². The second kappa shape index (κ2) is 9.01. The molecule has 0 radical (unpaired) electrons. The van der Waals surface area contributed by atoms with Crippen LogP contribution in [0.1, 0.15) is 30.9 Å². The molecule has 0 spiro atoms. The highest BCUT2D eigenvalue weighted by Gasteiger charge is 2.26. The highest BCUT2D eigenvalue weighted by atomic mass is 16.2. The van der Waals surface area contributed by atoms with Gasteiger partial charge in [-0.05, 0) is 63.9 Å². The number of amides is 2. The first-order valence-electron chi connectivity index (χ1n) is 9.87. The summed E-state index contributed by atoms with van der Waals surface area (Å²) in [5.74, 6) is 0.00188. The van der Waals surface area contributed by atoms with Gasteiger partial charge in [-0.15, -0.1) is 0 Å². The molecule has 1 aromatic carbocycles. The minimum atomic E-state index is -0.0247. The normalized spacial score (nSPS) is 15.4. The van der Waals surface area contributed by atoms with Gasteiger partial charge in [-0.25, -0.2) is 0 Å². The van der Waals surface area contributed by atoms with Crippen LogP contribution in [0.4, 0.5) is 11.4 Å². The maximum absolute atomic E-state index is 12.5. The Labute approximate surface area is 166 Å². The van der Waals surface area contributed by atoms with Crippen LogP contribution in [0.5, 0.6) is 0 Å². The third kappa shape index (κ3) is 5.19. The minimum absolute atomic E-state index is 0.0106. The van der Waals surface area contributed by atoms with Crippen LogP contribution in [0.25, 0.3) is 0 Å². The molecule has 0 bridgehead atoms. The molecule has 1 aromatic heterocycles. The van der Waals surface area contributed by atoms with Crippen LogP contribution in [0.3, 0.4) is 0 Å². The Hall–Kier alpha value is -2.67. The lowest BCUT2D eigenvalue weighted by molar-refractivity contribution is -0.121. The predicted molar refractivity (Wildman–Crippen MR) is 110 cm³/mol. The second-order valence-corrected chi connectivity index (χ2v) is 7.49. The summed E-state index contributed by atoms with van der Waals surface area (Å²) >= 11 is 0. The molecule has 2 amide bonds. The number of aromatic nitrogens is 2. The van der Waals surface area contributed by atoms with E-state index >= 15 is 0 Å². The summed E-state index contributed by atoms with van der Waals surface area (Å²) in [6, 6.07) is 6.04. The first-order chi connectivity index (χ1) is 13.4. The Morgan fingerprint density at radius 3 is 2.61 bits per heavy atom. The van der Waals surface area contributed by atoms with Crippen molar-refractivity contribution in [2.45, 2.75) is 40.2 Å². The van der Waals surface area contributed by atoms with Crippen LogP contribution >= 0.6 is 0 Å². The van der Waals surface area contributed by atoms with E-state index < -0.39 is 0 Å². The van der Waals surface area contributed by atoms with Gasteiger partial charge < -0.3 is 10.6 Å². The topological polar surface area (TPSA) is 79.3 Å². The number of rotatable bonds is 6. The zero-order valence-corrected chi connectivity index (χ0v) is 16.9. The van der Waals surface area contributed by atoms with Crippen LogP contribution in [0.2, 0.25) is 0 Å². The Bertz CT molecular complexity index is 837. The molecule has 2 N–H and O–H groups in total. The van der Waals surface area contributed by atoms with Crippen LogP contribution in [0, 0.1) is 19.8 Å². The predicted octanol–water partition coefficient (Wildman–Crippen LogP) is 2.81. The van der Waals surface area contributed by atoms with E-state index in [0.717, 1.165) is 55.0 Å². The lowest BCUT2D eigenvalue weighted by atomic mass is 9.96. The van der Waals surface area contributed by atoms with Gasteiger partial charge in [0.1, 0.15) is 0 Å². The molecule has 1 fully saturated rings. The number of carbonyl (C=O) groups is 2. The fourth-order valence-electron chi connectivity index (χ4n) is 3.46. The van der Waals surface area contributed by atoms with E-state index in [0.29, 0.717) is 6.54 Å². The molecule has 1 aliphatic heterocycles. The van der Waals surface area contributed by atoms with Crippen molar-refractivity contribution in [1.29, 1.82) is 0 Å². The van der Waals surface area contributed by atoms with Gasteiger partial charge in [0.25, 0.3) is 0 Å². The van der Waals surface area contributed by atoms with Crippen LogP contribution in [-0.2, 0) is 16.1 Å². The highest BCUT2D eigenvalue weighted by molar-refractivity contribution is 5.93. The van der Waals surface area contributed by atoms with Crippen molar-refractivity contribution in [3.05, 3.63) is 41.7 Å². The molecule has 3 rings (SSSR count). The van der Waals surface area contributed by atoms with Gasteiger partial charge in [0.2, 0.25) is 11.8 Å². The van der Waals surface area contributed by atoms with Crippen molar-refractivity contribution in [3.63, 3.8) is 0 Å². The molecule has 0 unspecified atom stereocenters. The van der Waals surface area contributed by atoms with E-state index in [4.69, 9.17) is 0 Å². The smallest absolute Gasteiger partial charge is 0.238 e. The zero-order chi connectivity index (χ0) is 20.1. The molecule has 0 aliphatic carbocycles. The van der Waals surface area contributed by atoms with Crippen molar-refractivity contribution >= 4 is 23.2 Å². The van der Waals surface area contributed by atoms with Crippen LogP contribution < -0.4 is 10.6 Å². The molecule has 7 nitrogen and oxygen atoms in total. The van der Waals surface area contributed by atoms with Crippen molar-refractivity contribution in [1.82, 2.24) is 14.7 Å². The summed E-state index contributed by atoms with van der Waals surface area (Å²) in [5.41, 5.74) is 3.78. The molecule has 28 heavy (non-hydrogen) atoms. The molecule has 2 heterocycles. The minimum Gasteiger partial charge on any atom is -0.325 e. The lowest BCUT2D eigenvalue weighted by Gasteiger charge is -2.30. The summed E-state index contributed by atoms with van der Waals surface area (Å²) in [7, 11) is 0. The van der Waals surface area contributed by atoms with Gasteiger partial charge in [0, 0.05) is 24.3 Å². The van der Waals surface area contributed by atoms with Crippen molar-refractivity contribution in [2.75, 3.05) is 30.3 Å². The molecule has 7 heteroatoms. The summed E-state index contributed by atoms with van der Waals surface area (Å²) in [4.78, 5) is 27.0. The number of nitrogens with zero attached hydrogens (tertiary/aromatic N) is 3. The maximum Gasteiger partial charge on any atom is 0.238 e. The summed E-state index contributed by atoms with van der Waals surface area (Å²) in [6.07, 6.45) is 5.02. The van der Waals surface area contributed by atoms with Crippen LogP contribution in [0.15, 0.2) is 30.6 Å². The summed E-state index contributed by atoms with van der Waals surface area (Å²) in [5, 5.41) is 10.1. The fraction of sp³-hybridized carbons (Fsp3) is 0.476. The number of hydrogen-bond donors (Lipinski definition) is 2. The Morgan fingerprint density at radius 1 is 1.18 bits per heavy atom. The quantitative estimate of drug-likeness (QED) is 0.804. The number of likely N-dealkylation sites (tertiary alicyclic amines) is 1. The molecule has 150 valence electrons. The Balaban J connectivity index is 1.45. The number of piperidine rings is 1. The molecular weight excluding hydrogens is 354 g/mol. The number of nitrogens with one attached hydrogen (secondary N) is 2. The molecule has 2 aromatic rings. The fourth-order valence-corrected chi connectivity index (χ4v) is 3.46. The van der Waals surface area contributed by atoms with E-state index in [9.17, 15) is 9.59 Å². The third-order valence-electron chi connectivity index (χ3n) is 5.22. The van der Waals surface area contributed by atoms with Crippen molar-refractivity contribution in [3.8, 4) is 0 Å². The number of carbonyl (C=O) groups excluding carboxylic acids is 2. The average molecular weight is 383 g/mol. The molecule has 1 aliphatic rings. The number of hydrogen-bond acceptors (Lipinski definition) is 4. The summed E-state index contributed by atoms with van der Waals surface area (Å²) in [6.45, 7) is 8.62. The van der Waals surface area contributed by atoms with Gasteiger partial charge in [0.05, 0.1) is 18.4 Å². The molecule has 1 saturated heterocycles. The zero-order valence-electron chi connectivity index (χ0n) is 16.9. The SMILES string of the molecule is CCn1cc(NC(=O)C2CCN(CC(=O)Nc3cc(C)ccc3C)CC2)cn1. The van der Waals surface area contributed by atoms with Crippen molar-refractivity contribution in [2.24, 2.45) is 5.92 Å². The lowest BCUT2D eigenvalue weighted by Crippen LogP contribution is -2.41. The number of benzene rings is 1. The van der Waals surface area contributed by atoms with E-state index in [2.05, 4.69) is 20.6 Å². The highest BCUT2D eigenvalue weighted by Crippen LogP contribution is 2.20. The van der Waals surface area contributed by atoms with E-state index in [1.54, 1.807) is 10.9 Å². The third-order valence-corrected chi connectivity index (χ3v) is 5.22. The van der Waals surface area contributed by atoms with Gasteiger partial charge in [0.15, 0.2) is 0 Å². The first kappa shape index (κ1) is 20.1. The Morgan fingerprint density at radius 2 is 1.93 bits per heavy atom. The van der Waals surface area contributed by atoms with Gasteiger partial charge in [-0.2, -0.15) is 5.10 Å². The van der Waals surface area contributed by atoms with Gasteiger partial charge in [-0.1, -0.05) is 12.1 Å². The van der Waals surface area contributed by atoms with E-state index in [-0.39, 0.29) is 17.7 Å². The molecule has 0 saturated carbocycles. The monoisotopic (exact) mass is 383 g/mol. The molecular formula is C21H29N5O2. The first-order valence-corrected chi connectivity index (χ1v) is 9.87. The second-order valence-electron chi connectivity index (χ2n) is 7.49. The summed E-state index contributed by atoms with van der Waals surface area (Å²) < 4.78 is 1.78. The molecule has 0 atom stereocenters. The van der Waals surface area contributed by atoms with Gasteiger partial charge in [-0.3, -0.25) is 19.2 Å². The standard InChI is InChI=1S/C21H29N5O2/c1-4-26-13-18(12-22-26)23-21(28)17-7-9-25(10-8-17)14-20(27)24-19-11-15(2)5-6-16(19)3/h5-6,11-13,17H,4,7-10,14H2,1-3H3,(H,23,28)(H,24,27).